The van der Waals surface area contributed by atoms with E-state index < -0.39 is 22.4 Å². The quantitative estimate of drug-likeness (QED) is 0.501. The van der Waals surface area contributed by atoms with E-state index in [1.54, 1.807) is 25.1 Å². The van der Waals surface area contributed by atoms with Crippen molar-refractivity contribution in [3.8, 4) is 0 Å². The van der Waals surface area contributed by atoms with Crippen LogP contribution < -0.4 is 10.9 Å². The number of amides is 1. The molecular weight excluding hydrogens is 407 g/mol. The summed E-state index contributed by atoms with van der Waals surface area (Å²) in [5, 5.41) is 14.7. The highest BCUT2D eigenvalue weighted by molar-refractivity contribution is 6.35. The van der Waals surface area contributed by atoms with Crippen molar-refractivity contribution in [2.75, 3.05) is 0 Å². The Morgan fingerprint density at radius 3 is 2.71 bits per heavy atom. The Kier molecular flexibility index (Phi) is 5.62. The molecule has 1 aromatic heterocycles. The van der Waals surface area contributed by atoms with E-state index in [9.17, 15) is 19.7 Å². The van der Waals surface area contributed by atoms with Crippen LogP contribution in [0.3, 0.4) is 0 Å². The number of hydrogen-bond donors (Lipinski definition) is 1. The summed E-state index contributed by atoms with van der Waals surface area (Å²) >= 11 is 12.0. The zero-order valence-electron chi connectivity index (χ0n) is 14.6. The van der Waals surface area contributed by atoms with Gasteiger partial charge >= 0.3 is 0 Å². The summed E-state index contributed by atoms with van der Waals surface area (Å²) in [5.41, 5.74) is 0.253. The van der Waals surface area contributed by atoms with Gasteiger partial charge in [-0.2, -0.15) is 0 Å². The van der Waals surface area contributed by atoms with Crippen LogP contribution in [-0.4, -0.2) is 20.4 Å². The number of nitro benzene ring substituents is 1. The van der Waals surface area contributed by atoms with Crippen LogP contribution in [0.25, 0.3) is 10.9 Å². The molecule has 10 heteroatoms. The highest BCUT2D eigenvalue weighted by Gasteiger charge is 2.15. The summed E-state index contributed by atoms with van der Waals surface area (Å²) in [6.45, 7) is 1.50. The van der Waals surface area contributed by atoms with Crippen LogP contribution in [0, 0.1) is 10.1 Å². The van der Waals surface area contributed by atoms with E-state index in [0.717, 1.165) is 4.57 Å². The van der Waals surface area contributed by atoms with Crippen LogP contribution in [0.4, 0.5) is 5.69 Å². The van der Waals surface area contributed by atoms with Gasteiger partial charge in [-0.15, -0.1) is 0 Å². The Morgan fingerprint density at radius 1 is 1.29 bits per heavy atom. The van der Waals surface area contributed by atoms with Crippen LogP contribution in [0.1, 0.15) is 18.5 Å². The Morgan fingerprint density at radius 2 is 2.04 bits per heavy atom. The molecule has 1 heterocycles. The molecule has 0 fully saturated rings. The molecule has 3 rings (SSSR count). The van der Waals surface area contributed by atoms with Gasteiger partial charge in [-0.25, -0.2) is 4.98 Å². The minimum absolute atomic E-state index is 0.163. The fraction of sp³-hybridized carbons (Fsp3) is 0.167. The topological polar surface area (TPSA) is 107 Å². The molecular formula is C18H14Cl2N4O4. The molecule has 0 saturated carbocycles. The van der Waals surface area contributed by atoms with Gasteiger partial charge in [0.1, 0.15) is 6.54 Å². The summed E-state index contributed by atoms with van der Waals surface area (Å²) in [4.78, 5) is 39.2. The van der Waals surface area contributed by atoms with Crippen LogP contribution in [0.15, 0.2) is 47.5 Å². The van der Waals surface area contributed by atoms with E-state index in [1.807, 2.05) is 0 Å². The van der Waals surface area contributed by atoms with Crippen molar-refractivity contribution in [3.63, 3.8) is 0 Å². The number of carbonyl (C=O) groups is 1. The molecule has 1 unspecified atom stereocenters. The van der Waals surface area contributed by atoms with E-state index in [4.69, 9.17) is 23.2 Å². The van der Waals surface area contributed by atoms with Gasteiger partial charge in [-0.3, -0.25) is 24.3 Å². The predicted molar refractivity (Wildman–Crippen MR) is 106 cm³/mol. The second-order valence-corrected chi connectivity index (χ2v) is 6.93. The number of nitrogens with zero attached hydrogens (tertiary/aromatic N) is 3. The van der Waals surface area contributed by atoms with Crippen molar-refractivity contribution in [1.29, 1.82) is 0 Å². The molecule has 1 atom stereocenters. The number of nitro groups is 1. The SMILES string of the molecule is CC(NC(=O)Cn1cnc2cc([N+](=O)[O-])ccc2c1=O)c1ccc(Cl)cc1Cl. The monoisotopic (exact) mass is 420 g/mol. The molecule has 0 saturated heterocycles. The number of carbonyl (C=O) groups excluding carboxylic acids is 1. The van der Waals surface area contributed by atoms with Crippen LogP contribution >= 0.6 is 23.2 Å². The maximum atomic E-state index is 12.5. The lowest BCUT2D eigenvalue weighted by Gasteiger charge is -2.16. The third-order valence-electron chi connectivity index (χ3n) is 4.14. The Bertz CT molecular complexity index is 1150. The van der Waals surface area contributed by atoms with E-state index in [0.29, 0.717) is 15.6 Å². The lowest BCUT2D eigenvalue weighted by atomic mass is 10.1. The summed E-state index contributed by atoms with van der Waals surface area (Å²) < 4.78 is 1.14. The van der Waals surface area contributed by atoms with Gasteiger partial charge in [-0.05, 0) is 30.7 Å². The number of fused-ring (bicyclic) bond motifs is 1. The van der Waals surface area contributed by atoms with E-state index >= 15 is 0 Å². The van der Waals surface area contributed by atoms with Crippen molar-refractivity contribution < 1.29 is 9.72 Å². The second-order valence-electron chi connectivity index (χ2n) is 6.09. The average Bonchev–Trinajstić information content (AvgIpc) is 2.63. The minimum Gasteiger partial charge on any atom is -0.348 e. The lowest BCUT2D eigenvalue weighted by Crippen LogP contribution is -2.34. The molecule has 1 N–H and O–H groups in total. The summed E-state index contributed by atoms with van der Waals surface area (Å²) in [7, 11) is 0. The maximum absolute atomic E-state index is 12.5. The Balaban J connectivity index is 1.79. The van der Waals surface area contributed by atoms with Gasteiger partial charge in [0, 0.05) is 22.2 Å². The molecule has 8 nitrogen and oxygen atoms in total. The molecule has 0 spiro atoms. The average molecular weight is 421 g/mol. The molecule has 0 bridgehead atoms. The van der Waals surface area contributed by atoms with Crippen LogP contribution in [0.5, 0.6) is 0 Å². The minimum atomic E-state index is -0.566. The fourth-order valence-corrected chi connectivity index (χ4v) is 3.32. The molecule has 1 amide bonds. The largest absolute Gasteiger partial charge is 0.348 e. The summed E-state index contributed by atoms with van der Waals surface area (Å²) in [5.74, 6) is -0.413. The van der Waals surface area contributed by atoms with E-state index in [-0.39, 0.29) is 23.1 Å². The summed E-state index contributed by atoms with van der Waals surface area (Å²) in [6.07, 6.45) is 1.19. The first kappa shape index (κ1) is 19.8. The second kappa shape index (κ2) is 7.95. The Labute approximate surface area is 168 Å². The normalized spacial score (nSPS) is 12.0. The van der Waals surface area contributed by atoms with Gasteiger partial charge in [-0.1, -0.05) is 29.3 Å². The number of rotatable bonds is 5. The molecule has 0 radical (unpaired) electrons. The first-order valence-corrected chi connectivity index (χ1v) is 8.90. The number of aromatic nitrogens is 2. The molecule has 144 valence electrons. The lowest BCUT2D eigenvalue weighted by molar-refractivity contribution is -0.384. The van der Waals surface area contributed by atoms with E-state index in [2.05, 4.69) is 10.3 Å². The van der Waals surface area contributed by atoms with Crippen LogP contribution in [0.2, 0.25) is 10.0 Å². The first-order chi connectivity index (χ1) is 13.3. The number of halogens is 2. The fourth-order valence-electron chi connectivity index (χ4n) is 2.75. The van der Waals surface area contributed by atoms with Crippen molar-refractivity contribution in [3.05, 3.63) is 78.8 Å². The highest BCUT2D eigenvalue weighted by atomic mass is 35.5. The van der Waals surface area contributed by atoms with Gasteiger partial charge in [0.25, 0.3) is 11.2 Å². The number of hydrogen-bond acceptors (Lipinski definition) is 5. The molecule has 2 aromatic carbocycles. The maximum Gasteiger partial charge on any atom is 0.271 e. The zero-order chi connectivity index (χ0) is 20.4. The highest BCUT2D eigenvalue weighted by Crippen LogP contribution is 2.26. The molecule has 3 aromatic rings. The first-order valence-electron chi connectivity index (χ1n) is 8.14. The van der Waals surface area contributed by atoms with Crippen molar-refractivity contribution in [2.24, 2.45) is 0 Å². The van der Waals surface area contributed by atoms with Gasteiger partial charge in [0.2, 0.25) is 5.91 Å². The Hall–Kier alpha value is -2.97. The molecule has 0 aliphatic carbocycles. The molecule has 28 heavy (non-hydrogen) atoms. The number of benzene rings is 2. The zero-order valence-corrected chi connectivity index (χ0v) is 16.1. The van der Waals surface area contributed by atoms with Crippen molar-refractivity contribution in [1.82, 2.24) is 14.9 Å². The van der Waals surface area contributed by atoms with E-state index in [1.165, 1.54) is 24.5 Å². The number of nitrogens with one attached hydrogen (secondary N) is 1. The standard InChI is InChI=1S/C18H14Cl2N4O4/c1-10(13-4-2-11(19)6-15(13)20)22-17(25)8-23-9-21-16-7-12(24(27)28)3-5-14(16)18(23)26/h2-7,9-10H,8H2,1H3,(H,22,25). The van der Waals surface area contributed by atoms with Crippen molar-refractivity contribution in [2.45, 2.75) is 19.5 Å². The third-order valence-corrected chi connectivity index (χ3v) is 4.70. The molecule has 0 aliphatic heterocycles. The van der Waals surface area contributed by atoms with Gasteiger partial charge in [0.15, 0.2) is 0 Å². The van der Waals surface area contributed by atoms with Gasteiger partial charge in [0.05, 0.1) is 28.2 Å². The predicted octanol–water partition coefficient (Wildman–Crippen LogP) is 3.49. The molecule has 0 aliphatic rings. The smallest absolute Gasteiger partial charge is 0.271 e. The number of non-ortho nitro benzene ring substituents is 1. The summed E-state index contributed by atoms with van der Waals surface area (Å²) in [6, 6.07) is 8.33. The van der Waals surface area contributed by atoms with Gasteiger partial charge < -0.3 is 5.32 Å². The third kappa shape index (κ3) is 4.13. The van der Waals surface area contributed by atoms with Crippen molar-refractivity contribution >= 4 is 45.7 Å². The van der Waals surface area contributed by atoms with Crippen LogP contribution in [-0.2, 0) is 11.3 Å².